The zero-order valence-corrected chi connectivity index (χ0v) is 8.08. The summed E-state index contributed by atoms with van der Waals surface area (Å²) in [4.78, 5) is 4.21. The third-order valence-corrected chi connectivity index (χ3v) is 2.22. The first-order valence-electron chi connectivity index (χ1n) is 4.73. The smallest absolute Gasteiger partial charge is 0.105 e. The van der Waals surface area contributed by atoms with Gasteiger partial charge in [-0.1, -0.05) is 21.1 Å². The van der Waals surface area contributed by atoms with Gasteiger partial charge in [-0.15, -0.1) is 0 Å². The van der Waals surface area contributed by atoms with Crippen LogP contribution in [0.5, 0.6) is 0 Å². The van der Waals surface area contributed by atoms with Crippen LogP contribution in [0.25, 0.3) is 0 Å². The van der Waals surface area contributed by atoms with Crippen molar-refractivity contribution in [3.8, 4) is 0 Å². The number of rotatable bonds is 3. The molecule has 0 aromatic heterocycles. The Kier molecular flexibility index (Phi) is 2.80. The van der Waals surface area contributed by atoms with Gasteiger partial charge in [0.15, 0.2) is 0 Å². The maximum Gasteiger partial charge on any atom is 0.105 e. The molecule has 3 nitrogen and oxygen atoms in total. The van der Waals surface area contributed by atoms with Crippen molar-refractivity contribution < 1.29 is 8.96 Å². The van der Waals surface area contributed by atoms with E-state index in [1.54, 1.807) is 6.07 Å². The number of halogens is 2. The van der Waals surface area contributed by atoms with Gasteiger partial charge in [0.2, 0.25) is 0 Å². The van der Waals surface area contributed by atoms with Crippen LogP contribution in [0.4, 0.5) is 14.6 Å². The highest BCUT2D eigenvalue weighted by atomic mass is 19.4. The summed E-state index contributed by atoms with van der Waals surface area (Å²) in [5, 5.41) is 2.22. The Bertz CT molecular complexity index is 377. The lowest BCUT2D eigenvalue weighted by atomic mass is 10.1. The molecule has 0 saturated carbocycles. The van der Waals surface area contributed by atoms with Crippen LogP contribution in [-0.4, -0.2) is 18.9 Å². The fraction of sp³-hybridized carbons (Fsp3) is 0.300. The number of amidine groups is 1. The molecule has 1 heterocycles. The van der Waals surface area contributed by atoms with Crippen molar-refractivity contribution in [2.75, 3.05) is 18.4 Å². The largest absolute Gasteiger partial charge is 0.372 e. The van der Waals surface area contributed by atoms with E-state index in [1.165, 1.54) is 12.1 Å². The molecule has 0 saturated heterocycles. The third-order valence-electron chi connectivity index (χ3n) is 2.22. The molecule has 1 aliphatic rings. The summed E-state index contributed by atoms with van der Waals surface area (Å²) in [7, 11) is 0. The quantitative estimate of drug-likeness (QED) is 0.772. The van der Waals surface area contributed by atoms with Crippen molar-refractivity contribution in [3.63, 3.8) is 0 Å². The van der Waals surface area contributed by atoms with Crippen LogP contribution in [0.3, 0.4) is 0 Å². The predicted octanol–water partition coefficient (Wildman–Crippen LogP) is 1.81. The van der Waals surface area contributed by atoms with Gasteiger partial charge in [0.1, 0.15) is 11.5 Å². The maximum absolute atomic E-state index is 12.2. The van der Waals surface area contributed by atoms with Crippen LogP contribution in [0.2, 0.25) is 0 Å². The summed E-state index contributed by atoms with van der Waals surface area (Å²) in [6.45, 7) is 1.61. The number of anilines is 1. The number of nitrogens with zero attached hydrogens (tertiary/aromatic N) is 2. The lowest BCUT2D eigenvalue weighted by Gasteiger charge is -2.06. The van der Waals surface area contributed by atoms with Gasteiger partial charge in [0.05, 0.1) is 6.54 Å². The number of hydrogen-bond donors (Lipinski definition) is 1. The molecule has 0 atom stereocenters. The van der Waals surface area contributed by atoms with Crippen molar-refractivity contribution in [2.24, 2.45) is 4.99 Å². The predicted molar refractivity (Wildman–Crippen MR) is 55.1 cm³/mol. The molecule has 0 spiro atoms. The lowest BCUT2D eigenvalue weighted by molar-refractivity contribution is 0.235. The average Bonchev–Trinajstić information content (AvgIpc) is 2.71. The van der Waals surface area contributed by atoms with Crippen LogP contribution >= 0.6 is 0 Å². The SMILES string of the molecule is FN(F)c1cccc(CC2=NCCN2)c1. The van der Waals surface area contributed by atoms with E-state index in [-0.39, 0.29) is 5.69 Å². The highest BCUT2D eigenvalue weighted by Gasteiger charge is 2.08. The lowest BCUT2D eigenvalue weighted by Crippen LogP contribution is -2.20. The van der Waals surface area contributed by atoms with E-state index in [2.05, 4.69) is 10.3 Å². The Morgan fingerprint density at radius 1 is 1.40 bits per heavy atom. The Balaban J connectivity index is 2.11. The van der Waals surface area contributed by atoms with Crippen LogP contribution in [0.1, 0.15) is 5.56 Å². The van der Waals surface area contributed by atoms with Crippen molar-refractivity contribution in [1.29, 1.82) is 0 Å². The zero-order valence-electron chi connectivity index (χ0n) is 8.08. The standard InChI is InChI=1S/C10H11F2N3/c11-15(12)9-3-1-2-8(6-9)7-10-13-4-5-14-10/h1-3,6H,4-5,7H2,(H,13,14). The van der Waals surface area contributed by atoms with Crippen molar-refractivity contribution in [1.82, 2.24) is 5.32 Å². The second-order valence-corrected chi connectivity index (χ2v) is 3.33. The summed E-state index contributed by atoms with van der Waals surface area (Å²) in [5.74, 6) is 0.872. The van der Waals surface area contributed by atoms with E-state index in [1.807, 2.05) is 6.07 Å². The minimum atomic E-state index is -0.882. The zero-order chi connectivity index (χ0) is 10.7. The Morgan fingerprint density at radius 3 is 2.93 bits per heavy atom. The van der Waals surface area contributed by atoms with Crippen molar-refractivity contribution in [3.05, 3.63) is 29.8 Å². The molecule has 2 rings (SSSR count). The van der Waals surface area contributed by atoms with Gasteiger partial charge in [0.25, 0.3) is 0 Å². The minimum Gasteiger partial charge on any atom is -0.372 e. The molecule has 15 heavy (non-hydrogen) atoms. The van der Waals surface area contributed by atoms with Gasteiger partial charge in [-0.25, -0.2) is 0 Å². The van der Waals surface area contributed by atoms with Gasteiger partial charge in [-0.2, -0.15) is 0 Å². The highest BCUT2D eigenvalue weighted by Crippen LogP contribution is 2.17. The van der Waals surface area contributed by atoms with Crippen LogP contribution in [0.15, 0.2) is 29.3 Å². The van der Waals surface area contributed by atoms with Crippen LogP contribution in [-0.2, 0) is 6.42 Å². The second-order valence-electron chi connectivity index (χ2n) is 3.33. The molecule has 1 aliphatic heterocycles. The van der Waals surface area contributed by atoms with E-state index in [0.29, 0.717) is 6.42 Å². The molecule has 0 radical (unpaired) electrons. The summed E-state index contributed by atoms with van der Waals surface area (Å²) < 4.78 is 24.5. The van der Waals surface area contributed by atoms with Gasteiger partial charge < -0.3 is 5.32 Å². The van der Waals surface area contributed by atoms with E-state index in [4.69, 9.17) is 0 Å². The topological polar surface area (TPSA) is 27.6 Å². The molecule has 0 aliphatic carbocycles. The molecule has 0 bridgehead atoms. The third kappa shape index (κ3) is 2.43. The first-order chi connectivity index (χ1) is 7.25. The van der Waals surface area contributed by atoms with Gasteiger partial charge in [0, 0.05) is 13.0 Å². The van der Waals surface area contributed by atoms with Crippen LogP contribution in [0, 0.1) is 0 Å². The highest BCUT2D eigenvalue weighted by molar-refractivity contribution is 5.85. The monoisotopic (exact) mass is 211 g/mol. The number of hydrogen-bond acceptors (Lipinski definition) is 3. The Hall–Kier alpha value is -1.65. The number of nitrogens with one attached hydrogen (secondary N) is 1. The van der Waals surface area contributed by atoms with Gasteiger partial charge in [-0.05, 0) is 23.0 Å². The molecule has 5 heteroatoms. The van der Waals surface area contributed by atoms with Crippen molar-refractivity contribution >= 4 is 11.5 Å². The normalized spacial score (nSPS) is 14.7. The van der Waals surface area contributed by atoms with Crippen LogP contribution < -0.4 is 10.7 Å². The fourth-order valence-electron chi connectivity index (χ4n) is 1.53. The number of benzene rings is 1. The molecular weight excluding hydrogens is 200 g/mol. The van der Waals surface area contributed by atoms with E-state index >= 15 is 0 Å². The fourth-order valence-corrected chi connectivity index (χ4v) is 1.53. The molecule has 0 fully saturated rings. The summed E-state index contributed by atoms with van der Waals surface area (Å²) in [6.07, 6.45) is 0.585. The van der Waals surface area contributed by atoms with Gasteiger partial charge in [-0.3, -0.25) is 4.99 Å². The average molecular weight is 211 g/mol. The first-order valence-corrected chi connectivity index (χ1v) is 4.73. The van der Waals surface area contributed by atoms with E-state index in [9.17, 15) is 8.96 Å². The maximum atomic E-state index is 12.2. The summed E-state index contributed by atoms with van der Waals surface area (Å²) in [6, 6.07) is 6.26. The molecule has 0 amide bonds. The molecule has 0 unspecified atom stereocenters. The molecule has 1 N–H and O–H groups in total. The number of aliphatic imine (C=N–C) groups is 1. The van der Waals surface area contributed by atoms with Gasteiger partial charge >= 0.3 is 0 Å². The summed E-state index contributed by atoms with van der Waals surface area (Å²) >= 11 is 0. The minimum absolute atomic E-state index is 0.0916. The molecular formula is C10H11F2N3. The Labute approximate surface area is 86.3 Å². The second kappa shape index (κ2) is 4.25. The van der Waals surface area contributed by atoms with Crippen molar-refractivity contribution in [2.45, 2.75) is 6.42 Å². The van der Waals surface area contributed by atoms with E-state index in [0.717, 1.165) is 24.5 Å². The first kappa shape index (κ1) is 9.89. The molecule has 80 valence electrons. The molecule has 1 aromatic rings. The van der Waals surface area contributed by atoms with E-state index < -0.39 is 5.34 Å². The molecule has 1 aromatic carbocycles. The summed E-state index contributed by atoms with van der Waals surface area (Å²) in [5.41, 5.74) is 0.743. The Morgan fingerprint density at radius 2 is 2.27 bits per heavy atom.